The van der Waals surface area contributed by atoms with Gasteiger partial charge in [0, 0.05) is 30.5 Å². The van der Waals surface area contributed by atoms with Gasteiger partial charge in [0.2, 0.25) is 0 Å². The van der Waals surface area contributed by atoms with Crippen molar-refractivity contribution in [1.29, 1.82) is 0 Å². The standard InChI is InChI=1S/C15H24N4O/c1-18(2)15(7-4-8-15)10-19(3)14(20)12-6-5-11(16)9-13(12)17/h5-6,9H,4,7-8,10,16-17H2,1-3H3. The minimum absolute atomic E-state index is 0.0457. The highest BCUT2D eigenvalue weighted by Gasteiger charge is 2.40. The number of anilines is 2. The lowest BCUT2D eigenvalue weighted by molar-refractivity contribution is 0.0253. The normalized spacial score (nSPS) is 16.8. The van der Waals surface area contributed by atoms with E-state index in [9.17, 15) is 4.79 Å². The van der Waals surface area contributed by atoms with E-state index in [4.69, 9.17) is 11.5 Å². The Kier molecular flexibility index (Phi) is 3.90. The fourth-order valence-electron chi connectivity index (χ4n) is 2.83. The highest BCUT2D eigenvalue weighted by Crippen LogP contribution is 2.37. The molecule has 0 radical (unpaired) electrons. The predicted octanol–water partition coefficient (Wildman–Crippen LogP) is 1.41. The molecule has 4 N–H and O–H groups in total. The van der Waals surface area contributed by atoms with Crippen molar-refractivity contribution in [3.63, 3.8) is 0 Å². The van der Waals surface area contributed by atoms with Crippen LogP contribution in [-0.4, -0.2) is 48.9 Å². The van der Waals surface area contributed by atoms with Crippen LogP contribution in [0.25, 0.3) is 0 Å². The fraction of sp³-hybridized carbons (Fsp3) is 0.533. The van der Waals surface area contributed by atoms with Gasteiger partial charge in [-0.1, -0.05) is 0 Å². The number of nitrogens with two attached hydrogens (primary N) is 2. The SMILES string of the molecule is CN(CC1(N(C)C)CCC1)C(=O)c1ccc(N)cc1N. The fourth-order valence-corrected chi connectivity index (χ4v) is 2.83. The summed E-state index contributed by atoms with van der Waals surface area (Å²) in [5.74, 6) is -0.0457. The molecule has 1 aliphatic rings. The first-order valence-corrected chi connectivity index (χ1v) is 6.94. The molecule has 1 saturated carbocycles. The Hall–Kier alpha value is -1.75. The maximum absolute atomic E-state index is 12.5. The van der Waals surface area contributed by atoms with Crippen LogP contribution in [0.4, 0.5) is 11.4 Å². The molecule has 0 spiro atoms. The number of carbonyl (C=O) groups is 1. The van der Waals surface area contributed by atoms with E-state index in [2.05, 4.69) is 19.0 Å². The molecule has 20 heavy (non-hydrogen) atoms. The molecule has 1 aromatic carbocycles. The maximum atomic E-state index is 12.5. The molecular weight excluding hydrogens is 252 g/mol. The highest BCUT2D eigenvalue weighted by molar-refractivity contribution is 5.99. The van der Waals surface area contributed by atoms with Crippen LogP contribution in [0.5, 0.6) is 0 Å². The molecule has 2 rings (SSSR count). The van der Waals surface area contributed by atoms with E-state index in [1.807, 2.05) is 7.05 Å². The van der Waals surface area contributed by atoms with Crippen LogP contribution < -0.4 is 11.5 Å². The molecule has 1 aliphatic carbocycles. The molecule has 110 valence electrons. The Bertz CT molecular complexity index is 509. The quantitative estimate of drug-likeness (QED) is 0.815. The van der Waals surface area contributed by atoms with Crippen LogP contribution in [0, 0.1) is 0 Å². The van der Waals surface area contributed by atoms with Gasteiger partial charge in [-0.2, -0.15) is 0 Å². The zero-order chi connectivity index (χ0) is 14.9. The molecule has 1 fully saturated rings. The average Bonchev–Trinajstić information content (AvgIpc) is 2.32. The summed E-state index contributed by atoms with van der Waals surface area (Å²) in [5.41, 5.74) is 13.2. The lowest BCUT2D eigenvalue weighted by atomic mass is 9.75. The van der Waals surface area contributed by atoms with Gasteiger partial charge in [0.1, 0.15) is 0 Å². The van der Waals surface area contributed by atoms with Crippen LogP contribution >= 0.6 is 0 Å². The Morgan fingerprint density at radius 1 is 1.25 bits per heavy atom. The zero-order valence-electron chi connectivity index (χ0n) is 12.5. The number of nitrogen functional groups attached to an aromatic ring is 2. The monoisotopic (exact) mass is 276 g/mol. The lowest BCUT2D eigenvalue weighted by Crippen LogP contribution is -2.57. The Balaban J connectivity index is 2.12. The smallest absolute Gasteiger partial charge is 0.255 e. The van der Waals surface area contributed by atoms with Gasteiger partial charge in [0.15, 0.2) is 0 Å². The minimum atomic E-state index is -0.0457. The Morgan fingerprint density at radius 3 is 2.35 bits per heavy atom. The van der Waals surface area contributed by atoms with Gasteiger partial charge in [-0.3, -0.25) is 4.79 Å². The second kappa shape index (κ2) is 5.32. The zero-order valence-corrected chi connectivity index (χ0v) is 12.5. The van der Waals surface area contributed by atoms with Gasteiger partial charge in [0.25, 0.3) is 5.91 Å². The van der Waals surface area contributed by atoms with Gasteiger partial charge in [0.05, 0.1) is 5.56 Å². The third-order valence-electron chi connectivity index (χ3n) is 4.42. The van der Waals surface area contributed by atoms with Crippen LogP contribution in [-0.2, 0) is 0 Å². The van der Waals surface area contributed by atoms with Gasteiger partial charge >= 0.3 is 0 Å². The minimum Gasteiger partial charge on any atom is -0.399 e. The summed E-state index contributed by atoms with van der Waals surface area (Å²) in [4.78, 5) is 16.5. The van der Waals surface area contributed by atoms with Crippen molar-refractivity contribution < 1.29 is 4.79 Å². The van der Waals surface area contributed by atoms with E-state index in [-0.39, 0.29) is 11.4 Å². The van der Waals surface area contributed by atoms with Crippen molar-refractivity contribution in [2.75, 3.05) is 39.2 Å². The number of nitrogens with zero attached hydrogens (tertiary/aromatic N) is 2. The number of hydrogen-bond donors (Lipinski definition) is 2. The molecular formula is C15H24N4O. The first kappa shape index (κ1) is 14.7. The molecule has 0 aromatic heterocycles. The lowest BCUT2D eigenvalue weighted by Gasteiger charge is -2.49. The van der Waals surface area contributed by atoms with E-state index in [0.29, 0.717) is 16.9 Å². The summed E-state index contributed by atoms with van der Waals surface area (Å²) in [6.45, 7) is 0.725. The van der Waals surface area contributed by atoms with Crippen molar-refractivity contribution in [2.24, 2.45) is 0 Å². The van der Waals surface area contributed by atoms with Gasteiger partial charge < -0.3 is 21.3 Å². The summed E-state index contributed by atoms with van der Waals surface area (Å²) >= 11 is 0. The van der Waals surface area contributed by atoms with Crippen LogP contribution in [0.2, 0.25) is 0 Å². The van der Waals surface area contributed by atoms with Crippen molar-refractivity contribution in [1.82, 2.24) is 9.80 Å². The highest BCUT2D eigenvalue weighted by atomic mass is 16.2. The van der Waals surface area contributed by atoms with E-state index >= 15 is 0 Å². The van der Waals surface area contributed by atoms with Crippen molar-refractivity contribution in [2.45, 2.75) is 24.8 Å². The topological polar surface area (TPSA) is 75.6 Å². The second-order valence-electron chi connectivity index (χ2n) is 5.98. The molecule has 5 nitrogen and oxygen atoms in total. The number of amides is 1. The third-order valence-corrected chi connectivity index (χ3v) is 4.42. The van der Waals surface area contributed by atoms with E-state index in [1.165, 1.54) is 6.42 Å². The first-order valence-electron chi connectivity index (χ1n) is 6.94. The predicted molar refractivity (Wildman–Crippen MR) is 82.5 cm³/mol. The van der Waals surface area contributed by atoms with Gasteiger partial charge in [-0.15, -0.1) is 0 Å². The first-order chi connectivity index (χ1) is 9.35. The Morgan fingerprint density at radius 2 is 1.90 bits per heavy atom. The largest absolute Gasteiger partial charge is 0.399 e. The second-order valence-corrected chi connectivity index (χ2v) is 5.98. The van der Waals surface area contributed by atoms with Crippen LogP contribution in [0.3, 0.4) is 0 Å². The summed E-state index contributed by atoms with van der Waals surface area (Å²) in [6, 6.07) is 5.04. The maximum Gasteiger partial charge on any atom is 0.255 e. The van der Waals surface area contributed by atoms with Crippen LogP contribution in [0.1, 0.15) is 29.6 Å². The summed E-state index contributed by atoms with van der Waals surface area (Å²) in [7, 11) is 5.99. The van der Waals surface area contributed by atoms with E-state index in [0.717, 1.165) is 19.4 Å². The molecule has 0 heterocycles. The van der Waals surface area contributed by atoms with Gasteiger partial charge in [-0.25, -0.2) is 0 Å². The van der Waals surface area contributed by atoms with E-state index in [1.54, 1.807) is 23.1 Å². The molecule has 0 atom stereocenters. The van der Waals surface area contributed by atoms with Gasteiger partial charge in [-0.05, 0) is 51.6 Å². The van der Waals surface area contributed by atoms with Crippen molar-refractivity contribution in [3.8, 4) is 0 Å². The average molecular weight is 276 g/mol. The van der Waals surface area contributed by atoms with Crippen molar-refractivity contribution in [3.05, 3.63) is 23.8 Å². The number of hydrogen-bond acceptors (Lipinski definition) is 4. The summed E-state index contributed by atoms with van der Waals surface area (Å²) < 4.78 is 0. The molecule has 0 aliphatic heterocycles. The molecule has 5 heteroatoms. The number of benzene rings is 1. The van der Waals surface area contributed by atoms with Crippen LogP contribution in [0.15, 0.2) is 18.2 Å². The van der Waals surface area contributed by atoms with Crippen molar-refractivity contribution >= 4 is 17.3 Å². The molecule has 0 bridgehead atoms. The molecule has 1 aromatic rings. The number of likely N-dealkylation sites (N-methyl/N-ethyl adjacent to an activating group) is 2. The Labute approximate surface area is 120 Å². The molecule has 1 amide bonds. The third kappa shape index (κ3) is 2.58. The number of carbonyl (C=O) groups excluding carboxylic acids is 1. The number of rotatable bonds is 4. The molecule has 0 saturated heterocycles. The summed E-state index contributed by atoms with van der Waals surface area (Å²) in [5, 5.41) is 0. The molecule has 0 unspecified atom stereocenters. The summed E-state index contributed by atoms with van der Waals surface area (Å²) in [6.07, 6.45) is 3.49. The van der Waals surface area contributed by atoms with E-state index < -0.39 is 0 Å².